The van der Waals surface area contributed by atoms with E-state index < -0.39 is 21.4 Å². The second kappa shape index (κ2) is 9.83. The fourth-order valence-corrected chi connectivity index (χ4v) is 6.97. The van der Waals surface area contributed by atoms with Crippen LogP contribution < -0.4 is 19.7 Å². The molecule has 0 radical (unpaired) electrons. The van der Waals surface area contributed by atoms with E-state index in [2.05, 4.69) is 19.9 Å². The molecule has 3 aromatic carbocycles. The van der Waals surface area contributed by atoms with E-state index in [-0.39, 0.29) is 23.9 Å². The number of hydrogen-bond acceptors (Lipinski definition) is 8. The molecule has 2 unspecified atom stereocenters. The van der Waals surface area contributed by atoms with Crippen molar-refractivity contribution >= 4 is 37.5 Å². The average Bonchev–Trinajstić information content (AvgIpc) is 3.23. The highest BCUT2D eigenvalue weighted by atomic mass is 32.2. The number of hydrogen-bond donors (Lipinski definition) is 3. The largest absolute Gasteiger partial charge is 0.508 e. The zero-order valence-corrected chi connectivity index (χ0v) is 23.4. The highest BCUT2D eigenvalue weighted by Crippen LogP contribution is 2.39. The SMILES string of the molecule is CC(C)(COc1nc(N2CC3CCC(C2)N3)c2ccc(-c3cc(O)cc4ccccc34)c(F)c2n1)NS(C)(=O)=O. The number of nitrogens with one attached hydrogen (secondary N) is 2. The Balaban J connectivity index is 1.47. The van der Waals surface area contributed by atoms with Crippen molar-refractivity contribution in [2.45, 2.75) is 44.3 Å². The van der Waals surface area contributed by atoms with Gasteiger partial charge in [-0.1, -0.05) is 30.3 Å². The van der Waals surface area contributed by atoms with Crippen LogP contribution in [0.15, 0.2) is 48.5 Å². The summed E-state index contributed by atoms with van der Waals surface area (Å²) in [6.07, 6.45) is 3.23. The van der Waals surface area contributed by atoms with Gasteiger partial charge in [-0.2, -0.15) is 9.97 Å². The number of halogens is 1. The number of fused-ring (bicyclic) bond motifs is 4. The van der Waals surface area contributed by atoms with Gasteiger partial charge in [0.25, 0.3) is 0 Å². The Bertz CT molecular complexity index is 1720. The molecule has 2 atom stereocenters. The third kappa shape index (κ3) is 5.28. The number of aromatic hydroxyl groups is 1. The Kier molecular flexibility index (Phi) is 6.55. The molecule has 0 spiro atoms. The minimum atomic E-state index is -3.48. The molecule has 2 fully saturated rings. The summed E-state index contributed by atoms with van der Waals surface area (Å²) < 4.78 is 48.5. The number of aromatic nitrogens is 2. The van der Waals surface area contributed by atoms with Crippen LogP contribution >= 0.6 is 0 Å². The van der Waals surface area contributed by atoms with Crippen LogP contribution in [0.3, 0.4) is 0 Å². The van der Waals surface area contributed by atoms with Crippen LogP contribution in [-0.4, -0.2) is 67.1 Å². The molecule has 40 heavy (non-hydrogen) atoms. The van der Waals surface area contributed by atoms with Crippen LogP contribution in [-0.2, 0) is 10.0 Å². The highest BCUT2D eigenvalue weighted by Gasteiger charge is 2.34. The van der Waals surface area contributed by atoms with E-state index in [4.69, 9.17) is 9.72 Å². The van der Waals surface area contributed by atoms with Crippen molar-refractivity contribution in [1.29, 1.82) is 0 Å². The molecule has 1 aromatic heterocycles. The minimum absolute atomic E-state index is 0.0337. The summed E-state index contributed by atoms with van der Waals surface area (Å²) in [5.74, 6) is 0.0735. The Labute approximate surface area is 232 Å². The van der Waals surface area contributed by atoms with E-state index in [1.807, 2.05) is 30.3 Å². The van der Waals surface area contributed by atoms with Gasteiger partial charge in [-0.15, -0.1) is 0 Å². The van der Waals surface area contributed by atoms with E-state index in [9.17, 15) is 13.5 Å². The number of ether oxygens (including phenoxy) is 1. The molecule has 3 heterocycles. The Morgan fingerprint density at radius 2 is 1.80 bits per heavy atom. The van der Waals surface area contributed by atoms with Crippen molar-refractivity contribution in [1.82, 2.24) is 20.0 Å². The molecule has 2 aliphatic rings. The summed E-state index contributed by atoms with van der Waals surface area (Å²) in [5.41, 5.74) is 0.0110. The summed E-state index contributed by atoms with van der Waals surface area (Å²) in [5, 5.41) is 16.2. The first-order valence-electron chi connectivity index (χ1n) is 13.3. The number of phenols is 1. The second-order valence-corrected chi connectivity index (χ2v) is 13.2. The number of benzene rings is 3. The zero-order chi connectivity index (χ0) is 28.2. The molecule has 9 nitrogen and oxygen atoms in total. The molecule has 0 saturated carbocycles. The van der Waals surface area contributed by atoms with Crippen LogP contribution in [0.5, 0.6) is 11.8 Å². The molecule has 4 aromatic rings. The smallest absolute Gasteiger partial charge is 0.319 e. The first-order valence-corrected chi connectivity index (χ1v) is 15.2. The maximum atomic E-state index is 16.5. The van der Waals surface area contributed by atoms with E-state index in [0.717, 1.165) is 43.0 Å². The first kappa shape index (κ1) is 26.7. The fraction of sp³-hybridized carbons (Fsp3) is 0.379. The van der Waals surface area contributed by atoms with Gasteiger partial charge in [0, 0.05) is 36.1 Å². The van der Waals surface area contributed by atoms with Crippen molar-refractivity contribution in [2.24, 2.45) is 0 Å². The van der Waals surface area contributed by atoms with Gasteiger partial charge < -0.3 is 20.1 Å². The maximum absolute atomic E-state index is 16.5. The summed E-state index contributed by atoms with van der Waals surface area (Å²) in [4.78, 5) is 11.3. The summed E-state index contributed by atoms with van der Waals surface area (Å²) in [6, 6.07) is 14.9. The molecule has 3 N–H and O–H groups in total. The Morgan fingerprint density at radius 3 is 2.52 bits per heavy atom. The van der Waals surface area contributed by atoms with Gasteiger partial charge in [0.1, 0.15) is 23.7 Å². The van der Waals surface area contributed by atoms with Crippen LogP contribution in [0.25, 0.3) is 32.8 Å². The van der Waals surface area contributed by atoms with E-state index in [1.165, 1.54) is 0 Å². The third-order valence-electron chi connectivity index (χ3n) is 7.44. The molecule has 0 aliphatic carbocycles. The third-order valence-corrected chi connectivity index (χ3v) is 8.37. The number of nitrogens with zero attached hydrogens (tertiary/aromatic N) is 3. The highest BCUT2D eigenvalue weighted by molar-refractivity contribution is 7.88. The summed E-state index contributed by atoms with van der Waals surface area (Å²) in [7, 11) is -3.48. The fourth-order valence-electron chi connectivity index (χ4n) is 5.90. The van der Waals surface area contributed by atoms with E-state index >= 15 is 4.39 Å². The lowest BCUT2D eigenvalue weighted by Gasteiger charge is -2.34. The number of anilines is 1. The number of sulfonamides is 1. The predicted octanol–water partition coefficient (Wildman–Crippen LogP) is 3.94. The minimum Gasteiger partial charge on any atom is -0.508 e. The van der Waals surface area contributed by atoms with Crippen molar-refractivity contribution in [3.05, 3.63) is 54.3 Å². The van der Waals surface area contributed by atoms with Crippen LogP contribution in [0.1, 0.15) is 26.7 Å². The van der Waals surface area contributed by atoms with Crippen LogP contribution in [0.2, 0.25) is 0 Å². The van der Waals surface area contributed by atoms with Crippen molar-refractivity contribution in [3.8, 4) is 22.9 Å². The molecular formula is C29H32FN5O4S. The molecule has 2 bridgehead atoms. The number of rotatable bonds is 7. The molecule has 210 valence electrons. The molecule has 6 rings (SSSR count). The van der Waals surface area contributed by atoms with Gasteiger partial charge in [-0.05, 0) is 61.2 Å². The van der Waals surface area contributed by atoms with Gasteiger partial charge in [-0.25, -0.2) is 17.5 Å². The topological polar surface area (TPSA) is 117 Å². The molecule has 0 amide bonds. The first-order chi connectivity index (χ1) is 19.0. The van der Waals surface area contributed by atoms with E-state index in [0.29, 0.717) is 34.4 Å². The van der Waals surface area contributed by atoms with Crippen molar-refractivity contribution in [3.63, 3.8) is 0 Å². The number of phenolic OH excluding ortho intramolecular Hbond substituents is 1. The van der Waals surface area contributed by atoms with Gasteiger partial charge in [0.05, 0.1) is 11.8 Å². The lowest BCUT2D eigenvalue weighted by Crippen LogP contribution is -2.51. The van der Waals surface area contributed by atoms with Crippen molar-refractivity contribution in [2.75, 3.05) is 30.9 Å². The van der Waals surface area contributed by atoms with E-state index in [1.54, 1.807) is 32.0 Å². The van der Waals surface area contributed by atoms with Crippen LogP contribution in [0.4, 0.5) is 10.2 Å². The summed E-state index contributed by atoms with van der Waals surface area (Å²) in [6.45, 7) is 4.77. The van der Waals surface area contributed by atoms with Gasteiger partial charge in [0.2, 0.25) is 10.0 Å². The van der Waals surface area contributed by atoms with Gasteiger partial charge in [0.15, 0.2) is 5.82 Å². The monoisotopic (exact) mass is 565 g/mol. The average molecular weight is 566 g/mol. The van der Waals surface area contributed by atoms with Crippen LogP contribution in [0, 0.1) is 5.82 Å². The Morgan fingerprint density at radius 1 is 1.07 bits per heavy atom. The van der Waals surface area contributed by atoms with Gasteiger partial charge in [-0.3, -0.25) is 0 Å². The molecular weight excluding hydrogens is 533 g/mol. The normalized spacial score (nSPS) is 19.4. The lowest BCUT2D eigenvalue weighted by atomic mass is 9.96. The standard InChI is InChI=1S/C29H32FN5O4S/c1-29(2,34-40(3,37)38)16-39-28-32-26-23(27(33-28)35-14-18-8-9-19(15-35)31-18)11-10-22(25(26)30)24-13-20(36)12-17-6-4-5-7-21(17)24/h4-7,10-13,18-19,31,34,36H,8-9,14-16H2,1-3H3. The zero-order valence-electron chi connectivity index (χ0n) is 22.6. The maximum Gasteiger partial charge on any atom is 0.319 e. The molecule has 11 heteroatoms. The predicted molar refractivity (Wildman–Crippen MR) is 154 cm³/mol. The quantitative estimate of drug-likeness (QED) is 0.309. The molecule has 2 aliphatic heterocycles. The second-order valence-electron chi connectivity index (χ2n) is 11.5. The summed E-state index contributed by atoms with van der Waals surface area (Å²) >= 11 is 0. The van der Waals surface area contributed by atoms with Gasteiger partial charge >= 0.3 is 6.01 Å². The lowest BCUT2D eigenvalue weighted by molar-refractivity contribution is 0.215. The molecule has 2 saturated heterocycles. The van der Waals surface area contributed by atoms with Crippen molar-refractivity contribution < 1.29 is 22.7 Å². The Hall–Kier alpha value is -3.54. The number of piperazine rings is 1.